The van der Waals surface area contributed by atoms with E-state index in [0.29, 0.717) is 50.1 Å². The lowest BCUT2D eigenvalue weighted by molar-refractivity contribution is -0.142. The van der Waals surface area contributed by atoms with Crippen molar-refractivity contribution in [1.29, 1.82) is 0 Å². The number of nitrogens with zero attached hydrogens (tertiary/aromatic N) is 2. The first-order valence-corrected chi connectivity index (χ1v) is 11.1. The number of nitrogens with one attached hydrogen (secondary N) is 1. The van der Waals surface area contributed by atoms with Gasteiger partial charge in [-0.25, -0.2) is 0 Å². The van der Waals surface area contributed by atoms with Crippen LogP contribution in [0.5, 0.6) is 0 Å². The zero-order valence-corrected chi connectivity index (χ0v) is 17.7. The van der Waals surface area contributed by atoms with Crippen molar-refractivity contribution >= 4 is 40.3 Å². The first kappa shape index (κ1) is 20.7. The quantitative estimate of drug-likeness (QED) is 0.730. The number of fused-ring (bicyclic) bond motifs is 2. The summed E-state index contributed by atoms with van der Waals surface area (Å²) in [6.45, 7) is 1.38. The smallest absolute Gasteiger partial charge is 0.291 e. The molecule has 4 amide bonds. The Morgan fingerprint density at radius 1 is 1.00 bits per heavy atom. The Bertz CT molecular complexity index is 1060. The third-order valence-electron chi connectivity index (χ3n) is 6.59. The van der Waals surface area contributed by atoms with Crippen LogP contribution in [0.15, 0.2) is 28.7 Å². The molecule has 5 rings (SSSR count). The summed E-state index contributed by atoms with van der Waals surface area (Å²) in [5.41, 5.74) is 0.734. The lowest BCUT2D eigenvalue weighted by Gasteiger charge is -2.26. The SMILES string of the molecule is O=C(CN1C(=O)C2CCCCC2C1=O)Nc1c(C(=O)N2CCOCC2)oc2ccccc12. The van der Waals surface area contributed by atoms with Gasteiger partial charge in [-0.2, -0.15) is 0 Å². The van der Waals surface area contributed by atoms with E-state index in [4.69, 9.17) is 9.15 Å². The van der Waals surface area contributed by atoms with E-state index in [-0.39, 0.29) is 47.5 Å². The fraction of sp³-hybridized carbons (Fsp3) is 0.478. The number of hydrogen-bond donors (Lipinski definition) is 1. The van der Waals surface area contributed by atoms with Gasteiger partial charge in [0.05, 0.1) is 25.0 Å². The van der Waals surface area contributed by atoms with Crippen molar-refractivity contribution in [2.24, 2.45) is 11.8 Å². The Balaban J connectivity index is 1.38. The van der Waals surface area contributed by atoms with E-state index in [0.717, 1.165) is 17.7 Å². The number of imide groups is 1. The van der Waals surface area contributed by atoms with Crippen LogP contribution < -0.4 is 5.32 Å². The van der Waals surface area contributed by atoms with Gasteiger partial charge in [0.2, 0.25) is 23.5 Å². The van der Waals surface area contributed by atoms with Crippen molar-refractivity contribution in [3.63, 3.8) is 0 Å². The molecule has 1 aromatic carbocycles. The normalized spacial score (nSPS) is 23.5. The van der Waals surface area contributed by atoms with Crippen molar-refractivity contribution in [2.75, 3.05) is 38.2 Å². The minimum atomic E-state index is -0.534. The van der Waals surface area contributed by atoms with E-state index in [1.807, 2.05) is 0 Å². The Labute approximate surface area is 184 Å². The standard InChI is InChI=1S/C23H25N3O6/c27-18(13-26-21(28)14-5-1-2-6-15(14)22(26)29)24-19-16-7-3-4-8-17(16)32-20(19)23(30)25-9-11-31-12-10-25/h3-4,7-8,14-15H,1-2,5-6,9-13H2,(H,24,27). The second-order valence-corrected chi connectivity index (χ2v) is 8.52. The summed E-state index contributed by atoms with van der Waals surface area (Å²) in [5.74, 6) is -1.98. The van der Waals surface area contributed by atoms with Gasteiger partial charge in [0.15, 0.2) is 0 Å². The number of amides is 4. The van der Waals surface area contributed by atoms with Gasteiger partial charge in [0.25, 0.3) is 5.91 Å². The third-order valence-corrected chi connectivity index (χ3v) is 6.59. The maximum Gasteiger partial charge on any atom is 0.291 e. The minimum absolute atomic E-state index is 0.0363. The van der Waals surface area contributed by atoms with Gasteiger partial charge in [-0.1, -0.05) is 25.0 Å². The number of rotatable bonds is 4. The van der Waals surface area contributed by atoms with Crippen LogP contribution in [0.25, 0.3) is 11.0 Å². The number of ether oxygens (including phenoxy) is 1. The van der Waals surface area contributed by atoms with E-state index in [1.54, 1.807) is 29.2 Å². The van der Waals surface area contributed by atoms with Gasteiger partial charge in [-0.05, 0) is 25.0 Å². The van der Waals surface area contributed by atoms with Crippen molar-refractivity contribution in [3.05, 3.63) is 30.0 Å². The number of furan rings is 1. The second kappa shape index (κ2) is 8.38. The van der Waals surface area contributed by atoms with Crippen LogP contribution in [0.4, 0.5) is 5.69 Å². The average Bonchev–Trinajstić information content (AvgIpc) is 3.30. The summed E-state index contributed by atoms with van der Waals surface area (Å²) in [4.78, 5) is 54.1. The van der Waals surface area contributed by atoms with Gasteiger partial charge in [0, 0.05) is 18.5 Å². The number of para-hydroxylation sites is 1. The summed E-state index contributed by atoms with van der Waals surface area (Å²) in [7, 11) is 0. The molecule has 0 bridgehead atoms. The molecule has 2 atom stereocenters. The molecule has 2 unspecified atom stereocenters. The zero-order valence-electron chi connectivity index (χ0n) is 17.7. The summed E-state index contributed by atoms with van der Waals surface area (Å²) in [6, 6.07) is 7.04. The van der Waals surface area contributed by atoms with Crippen molar-refractivity contribution in [3.8, 4) is 0 Å². The van der Waals surface area contributed by atoms with E-state index in [2.05, 4.69) is 5.32 Å². The summed E-state index contributed by atoms with van der Waals surface area (Å²) < 4.78 is 11.1. The molecule has 1 aromatic heterocycles. The van der Waals surface area contributed by atoms with Crippen molar-refractivity contribution in [1.82, 2.24) is 9.80 Å². The van der Waals surface area contributed by atoms with Crippen LogP contribution in [0.3, 0.4) is 0 Å². The number of anilines is 1. The monoisotopic (exact) mass is 439 g/mol. The summed E-state index contributed by atoms with van der Waals surface area (Å²) in [6.07, 6.45) is 3.23. The molecule has 1 N–H and O–H groups in total. The summed E-state index contributed by atoms with van der Waals surface area (Å²) >= 11 is 0. The lowest BCUT2D eigenvalue weighted by Crippen LogP contribution is -2.41. The molecular weight excluding hydrogens is 414 g/mol. The maximum absolute atomic E-state index is 13.1. The zero-order chi connectivity index (χ0) is 22.2. The van der Waals surface area contributed by atoms with Gasteiger partial charge < -0.3 is 19.4 Å². The molecule has 3 heterocycles. The molecule has 2 aliphatic heterocycles. The molecule has 1 saturated carbocycles. The Hall–Kier alpha value is -3.20. The number of morpholine rings is 1. The predicted octanol–water partition coefficient (Wildman–Crippen LogP) is 2.02. The largest absolute Gasteiger partial charge is 0.449 e. The average molecular weight is 439 g/mol. The highest BCUT2D eigenvalue weighted by Gasteiger charge is 2.48. The van der Waals surface area contributed by atoms with Crippen LogP contribution in [-0.2, 0) is 19.1 Å². The number of hydrogen-bond acceptors (Lipinski definition) is 6. The van der Waals surface area contributed by atoms with Gasteiger partial charge in [-0.3, -0.25) is 24.1 Å². The van der Waals surface area contributed by atoms with E-state index in [9.17, 15) is 19.2 Å². The highest BCUT2D eigenvalue weighted by molar-refractivity contribution is 6.13. The van der Waals surface area contributed by atoms with Crippen LogP contribution in [0.1, 0.15) is 36.2 Å². The Morgan fingerprint density at radius 2 is 1.66 bits per heavy atom. The minimum Gasteiger partial charge on any atom is -0.449 e. The number of likely N-dealkylation sites (tertiary alicyclic amines) is 1. The fourth-order valence-corrected chi connectivity index (χ4v) is 4.94. The second-order valence-electron chi connectivity index (χ2n) is 8.52. The molecule has 0 radical (unpaired) electrons. The van der Waals surface area contributed by atoms with E-state index >= 15 is 0 Å². The molecule has 2 aromatic rings. The van der Waals surface area contributed by atoms with Crippen LogP contribution in [0, 0.1) is 11.8 Å². The molecule has 3 aliphatic rings. The van der Waals surface area contributed by atoms with E-state index < -0.39 is 5.91 Å². The number of carbonyl (C=O) groups excluding carboxylic acids is 4. The Morgan fingerprint density at radius 3 is 2.34 bits per heavy atom. The van der Waals surface area contributed by atoms with Crippen LogP contribution >= 0.6 is 0 Å². The first-order chi connectivity index (χ1) is 15.5. The number of benzene rings is 1. The molecule has 9 nitrogen and oxygen atoms in total. The molecule has 9 heteroatoms. The molecular formula is C23H25N3O6. The predicted molar refractivity (Wildman–Crippen MR) is 114 cm³/mol. The van der Waals surface area contributed by atoms with Crippen LogP contribution in [-0.4, -0.2) is 66.3 Å². The lowest BCUT2D eigenvalue weighted by atomic mass is 9.81. The van der Waals surface area contributed by atoms with Crippen molar-refractivity contribution < 1.29 is 28.3 Å². The van der Waals surface area contributed by atoms with E-state index in [1.165, 1.54) is 0 Å². The highest BCUT2D eigenvalue weighted by atomic mass is 16.5. The summed E-state index contributed by atoms with van der Waals surface area (Å²) in [5, 5.41) is 3.33. The fourth-order valence-electron chi connectivity index (χ4n) is 4.94. The Kier molecular flexibility index (Phi) is 5.42. The third kappa shape index (κ3) is 3.56. The maximum atomic E-state index is 13.1. The molecule has 32 heavy (non-hydrogen) atoms. The number of carbonyl (C=O) groups is 4. The highest BCUT2D eigenvalue weighted by Crippen LogP contribution is 2.38. The topological polar surface area (TPSA) is 109 Å². The molecule has 2 saturated heterocycles. The van der Waals surface area contributed by atoms with Crippen LogP contribution in [0.2, 0.25) is 0 Å². The van der Waals surface area contributed by atoms with Crippen molar-refractivity contribution in [2.45, 2.75) is 25.7 Å². The van der Waals surface area contributed by atoms with Gasteiger partial charge in [0.1, 0.15) is 17.8 Å². The molecule has 3 fully saturated rings. The van der Waals surface area contributed by atoms with Gasteiger partial charge >= 0.3 is 0 Å². The van der Waals surface area contributed by atoms with Gasteiger partial charge in [-0.15, -0.1) is 0 Å². The molecule has 168 valence electrons. The first-order valence-electron chi connectivity index (χ1n) is 11.1. The molecule has 1 aliphatic carbocycles. The molecule has 0 spiro atoms.